The van der Waals surface area contributed by atoms with Crippen LogP contribution in [-0.2, 0) is 4.57 Å². The molecule has 3 atom stereocenters. The molecule has 1 saturated carbocycles. The molecule has 0 bridgehead atoms. The molecule has 2 aromatic heterocycles. The second-order valence-corrected chi connectivity index (χ2v) is 11.7. The zero-order valence-corrected chi connectivity index (χ0v) is 19.0. The maximum atomic E-state index is 14.3. The number of hydrogen-bond acceptors (Lipinski definition) is 4. The third kappa shape index (κ3) is 3.93. The molecule has 1 aliphatic rings. The van der Waals surface area contributed by atoms with Gasteiger partial charge in [0.2, 0.25) is 0 Å². The summed E-state index contributed by atoms with van der Waals surface area (Å²) in [6.45, 7) is 0. The summed E-state index contributed by atoms with van der Waals surface area (Å²) in [4.78, 5) is 30.7. The number of aromatic nitrogens is 4. The topological polar surface area (TPSA) is 101 Å². The Bertz CT molecular complexity index is 1130. The van der Waals surface area contributed by atoms with Crippen molar-refractivity contribution in [3.05, 3.63) is 53.7 Å². The van der Waals surface area contributed by atoms with Crippen LogP contribution >= 0.6 is 19.2 Å². The molecule has 1 aromatic carbocycles. The molecule has 0 spiro atoms. The third-order valence-electron chi connectivity index (χ3n) is 5.52. The van der Waals surface area contributed by atoms with E-state index in [0.717, 1.165) is 5.56 Å². The fourth-order valence-corrected chi connectivity index (χ4v) is 6.38. The number of hydrogen-bond donors (Lipinski definition) is 2. The van der Waals surface area contributed by atoms with Gasteiger partial charge in [0.1, 0.15) is 0 Å². The van der Waals surface area contributed by atoms with Gasteiger partial charge in [-0.25, -0.2) is 0 Å². The Hall–Kier alpha value is -1.41. The first-order chi connectivity index (χ1) is 14.0. The van der Waals surface area contributed by atoms with Crippen LogP contribution in [0.15, 0.2) is 43.0 Å². The molecule has 0 aliphatic heterocycles. The Balaban J connectivity index is 1.77. The summed E-state index contributed by atoms with van der Waals surface area (Å²) in [6, 6.07) is 9.12. The normalized spacial score (nSPS) is 25.1. The first kappa shape index (κ1) is 21.8. The number of benzene rings is 1. The van der Waals surface area contributed by atoms with Crippen LogP contribution in [0.3, 0.4) is 0 Å². The second-order valence-electron chi connectivity index (χ2n) is 7.59. The van der Waals surface area contributed by atoms with E-state index in [1.807, 2.05) is 30.3 Å². The number of nitrogens with zero attached hydrogens (tertiary/aromatic N) is 4. The zero-order chi connectivity index (χ0) is 21.7. The van der Waals surface area contributed by atoms with Crippen molar-refractivity contribution in [1.29, 1.82) is 0 Å². The summed E-state index contributed by atoms with van der Waals surface area (Å²) in [5, 5.41) is 0.194. The number of rotatable bonds is 5. The van der Waals surface area contributed by atoms with Crippen molar-refractivity contribution in [1.82, 2.24) is 19.5 Å². The molecule has 12 heteroatoms. The van der Waals surface area contributed by atoms with E-state index < -0.39 is 24.0 Å². The molecule has 0 amide bonds. The van der Waals surface area contributed by atoms with E-state index in [0.29, 0.717) is 17.6 Å². The Morgan fingerprint density at radius 2 is 1.93 bits per heavy atom. The predicted octanol–water partition coefficient (Wildman–Crippen LogP) is 3.82. The van der Waals surface area contributed by atoms with Gasteiger partial charge in [0.25, 0.3) is 0 Å². The molecule has 3 unspecified atom stereocenters. The SMILES string of the molecule is O=P(O)(O)C(F)(F)CC1([SeH])CC(c2ccccc2)C(n2cnc3c(Cl)ncnc32)C1. The fourth-order valence-electron chi connectivity index (χ4n) is 4.20. The van der Waals surface area contributed by atoms with Crippen LogP contribution in [0.4, 0.5) is 8.78 Å². The van der Waals surface area contributed by atoms with E-state index in [1.165, 1.54) is 6.33 Å². The van der Waals surface area contributed by atoms with Crippen LogP contribution in [0.5, 0.6) is 0 Å². The van der Waals surface area contributed by atoms with E-state index in [-0.39, 0.29) is 23.5 Å². The fraction of sp³-hybridized carbons (Fsp3) is 0.389. The van der Waals surface area contributed by atoms with Crippen LogP contribution in [0, 0.1) is 0 Å². The Labute approximate surface area is 183 Å². The van der Waals surface area contributed by atoms with Crippen molar-refractivity contribution in [2.24, 2.45) is 0 Å². The Kier molecular flexibility index (Phi) is 5.54. The third-order valence-corrected chi connectivity index (χ3v) is 7.91. The van der Waals surface area contributed by atoms with E-state index in [4.69, 9.17) is 21.4 Å². The molecule has 160 valence electrons. The van der Waals surface area contributed by atoms with Crippen molar-refractivity contribution in [3.8, 4) is 0 Å². The molecular weight excluding hydrogens is 504 g/mol. The van der Waals surface area contributed by atoms with E-state index >= 15 is 0 Å². The monoisotopic (exact) mass is 522 g/mol. The van der Waals surface area contributed by atoms with Crippen LogP contribution in [0.2, 0.25) is 9.47 Å². The van der Waals surface area contributed by atoms with Crippen molar-refractivity contribution < 1.29 is 23.1 Å². The van der Waals surface area contributed by atoms with Gasteiger partial charge in [-0.2, -0.15) is 0 Å². The molecule has 0 radical (unpaired) electrons. The predicted molar refractivity (Wildman–Crippen MR) is 109 cm³/mol. The van der Waals surface area contributed by atoms with Crippen molar-refractivity contribution in [2.75, 3.05) is 0 Å². The van der Waals surface area contributed by atoms with Gasteiger partial charge in [0.05, 0.1) is 0 Å². The minimum atomic E-state index is -5.58. The number of imidazole rings is 1. The van der Waals surface area contributed by atoms with Crippen LogP contribution in [-0.4, -0.2) is 51.0 Å². The summed E-state index contributed by atoms with van der Waals surface area (Å²) in [5.41, 5.74) is -2.27. The minimum absolute atomic E-state index is 0.187. The average molecular weight is 522 g/mol. The maximum absolute atomic E-state index is 14.3. The molecule has 2 heterocycles. The molecule has 1 fully saturated rings. The quantitative estimate of drug-likeness (QED) is 0.301. The van der Waals surface area contributed by atoms with Gasteiger partial charge in [0.15, 0.2) is 0 Å². The summed E-state index contributed by atoms with van der Waals surface area (Å²) in [6.07, 6.45) is 2.48. The Morgan fingerprint density at radius 1 is 1.23 bits per heavy atom. The summed E-state index contributed by atoms with van der Waals surface area (Å²) in [5.74, 6) is -0.187. The number of alkyl halides is 2. The van der Waals surface area contributed by atoms with Crippen LogP contribution < -0.4 is 0 Å². The first-order valence-corrected chi connectivity index (χ1v) is 12.0. The molecule has 7 nitrogen and oxygen atoms in total. The molecular formula is C18H18ClF2N4O3PSe. The van der Waals surface area contributed by atoms with Crippen molar-refractivity contribution in [3.63, 3.8) is 0 Å². The van der Waals surface area contributed by atoms with Gasteiger partial charge < -0.3 is 0 Å². The van der Waals surface area contributed by atoms with Crippen LogP contribution in [0.25, 0.3) is 11.2 Å². The van der Waals surface area contributed by atoms with Gasteiger partial charge in [-0.3, -0.25) is 0 Å². The van der Waals surface area contributed by atoms with Gasteiger partial charge >= 0.3 is 184 Å². The summed E-state index contributed by atoms with van der Waals surface area (Å²) < 4.78 is 40.7. The molecule has 4 rings (SSSR count). The molecule has 1 aliphatic carbocycles. The molecule has 2 N–H and O–H groups in total. The van der Waals surface area contributed by atoms with Crippen molar-refractivity contribution >= 4 is 46.4 Å². The average Bonchev–Trinajstić information content (AvgIpc) is 3.23. The van der Waals surface area contributed by atoms with Gasteiger partial charge in [0, 0.05) is 0 Å². The molecule has 3 aromatic rings. The molecule has 0 saturated heterocycles. The van der Waals surface area contributed by atoms with Gasteiger partial charge in [-0.1, -0.05) is 0 Å². The number of halogens is 3. The van der Waals surface area contributed by atoms with E-state index in [2.05, 4.69) is 31.0 Å². The van der Waals surface area contributed by atoms with E-state index in [1.54, 1.807) is 10.9 Å². The Morgan fingerprint density at radius 3 is 2.60 bits per heavy atom. The number of fused-ring (bicyclic) bond motifs is 1. The summed E-state index contributed by atoms with van der Waals surface area (Å²) in [7, 11) is -5.58. The standard InChI is InChI=1S/C18H18ClF2N4O3PSe/c19-15-14-16(23-9-22-15)25(10-24-14)13-7-17(30,8-18(20,21)29(26,27)28)6-12(13)11-4-2-1-3-5-11/h1-5,9-10,12-13,30H,6-8H2,(H2,26,27,28). The van der Waals surface area contributed by atoms with Crippen LogP contribution in [0.1, 0.15) is 36.8 Å². The zero-order valence-electron chi connectivity index (χ0n) is 15.4. The first-order valence-electron chi connectivity index (χ1n) is 9.05. The second kappa shape index (κ2) is 7.62. The summed E-state index contributed by atoms with van der Waals surface area (Å²) >= 11 is 8.34. The van der Waals surface area contributed by atoms with Gasteiger partial charge in [-0.05, 0) is 0 Å². The van der Waals surface area contributed by atoms with Gasteiger partial charge in [-0.15, -0.1) is 0 Å². The molecule has 30 heavy (non-hydrogen) atoms. The van der Waals surface area contributed by atoms with Crippen molar-refractivity contribution in [2.45, 2.75) is 41.2 Å². The van der Waals surface area contributed by atoms with E-state index in [9.17, 15) is 13.3 Å².